The molecule has 2 N–H and O–H groups in total. The monoisotopic (exact) mass is 408 g/mol. The van der Waals surface area contributed by atoms with Gasteiger partial charge in [0.15, 0.2) is 5.78 Å². The van der Waals surface area contributed by atoms with Crippen molar-refractivity contribution in [3.05, 3.63) is 59.6 Å². The molecule has 0 radical (unpaired) electrons. The first-order valence-electron chi connectivity index (χ1n) is 10.0. The topological polar surface area (TPSA) is 112 Å². The van der Waals surface area contributed by atoms with E-state index in [9.17, 15) is 14.7 Å². The van der Waals surface area contributed by atoms with Crippen LogP contribution in [-0.4, -0.2) is 55.7 Å². The van der Waals surface area contributed by atoms with Crippen LogP contribution in [0.2, 0.25) is 0 Å². The highest BCUT2D eigenvalue weighted by atomic mass is 16.5. The van der Waals surface area contributed by atoms with Crippen LogP contribution in [0.5, 0.6) is 0 Å². The molecule has 2 aromatic heterocycles. The summed E-state index contributed by atoms with van der Waals surface area (Å²) in [5, 5.41) is 20.7. The molecule has 30 heavy (non-hydrogen) atoms. The van der Waals surface area contributed by atoms with Crippen molar-refractivity contribution >= 4 is 11.7 Å². The Morgan fingerprint density at radius 2 is 2.07 bits per heavy atom. The number of hydrogen-bond donors (Lipinski definition) is 2. The predicted octanol–water partition coefficient (Wildman–Crippen LogP) is 2.08. The summed E-state index contributed by atoms with van der Waals surface area (Å²) in [5.74, 6) is 0.193. The molecule has 8 nitrogen and oxygen atoms in total. The molecule has 3 aromatic rings. The maximum Gasteiger partial charge on any atom is 0.231 e. The van der Waals surface area contributed by atoms with Crippen LogP contribution in [0, 0.1) is 6.92 Å². The fourth-order valence-electron chi connectivity index (χ4n) is 3.85. The Bertz CT molecular complexity index is 1010. The van der Waals surface area contributed by atoms with Gasteiger partial charge in [0.2, 0.25) is 5.91 Å². The number of aromatic nitrogens is 3. The molecule has 1 aliphatic heterocycles. The lowest BCUT2D eigenvalue weighted by molar-refractivity contribution is -0.137. The molecule has 0 unspecified atom stereocenters. The quantitative estimate of drug-likeness (QED) is 0.619. The number of aliphatic hydroxyl groups excluding tert-OH is 1. The summed E-state index contributed by atoms with van der Waals surface area (Å²) >= 11 is 0. The Morgan fingerprint density at radius 3 is 2.73 bits per heavy atom. The van der Waals surface area contributed by atoms with Gasteiger partial charge in [-0.2, -0.15) is 5.10 Å². The summed E-state index contributed by atoms with van der Waals surface area (Å²) in [6.07, 6.45) is 2.22. The summed E-state index contributed by atoms with van der Waals surface area (Å²) in [6.45, 7) is 1.95. The van der Waals surface area contributed by atoms with E-state index >= 15 is 0 Å². The van der Waals surface area contributed by atoms with E-state index < -0.39 is 12.1 Å². The lowest BCUT2D eigenvalue weighted by Gasteiger charge is -2.23. The maximum atomic E-state index is 12.8. The first kappa shape index (κ1) is 20.0. The Labute approximate surface area is 173 Å². The lowest BCUT2D eigenvalue weighted by Crippen LogP contribution is -2.41. The first-order valence-corrected chi connectivity index (χ1v) is 10.0. The summed E-state index contributed by atoms with van der Waals surface area (Å²) in [5.41, 5.74) is 3.71. The smallest absolute Gasteiger partial charge is 0.231 e. The van der Waals surface area contributed by atoms with Crippen molar-refractivity contribution < 1.29 is 19.2 Å². The predicted molar refractivity (Wildman–Crippen MR) is 108 cm³/mol. The van der Waals surface area contributed by atoms with Crippen molar-refractivity contribution in [3.63, 3.8) is 0 Å². The van der Waals surface area contributed by atoms with Gasteiger partial charge in [-0.1, -0.05) is 29.4 Å². The average molecular weight is 408 g/mol. The third-order valence-electron chi connectivity index (χ3n) is 5.40. The summed E-state index contributed by atoms with van der Waals surface area (Å²) in [6, 6.07) is 11.0. The van der Waals surface area contributed by atoms with Crippen LogP contribution in [0.1, 0.15) is 29.9 Å². The minimum absolute atomic E-state index is 0.0341. The number of nitrogens with zero attached hydrogens (tertiary/aromatic N) is 3. The van der Waals surface area contributed by atoms with Crippen LogP contribution in [0.15, 0.2) is 47.1 Å². The number of likely N-dealkylation sites (tertiary alicyclic amines) is 1. The maximum absolute atomic E-state index is 12.8. The van der Waals surface area contributed by atoms with Gasteiger partial charge in [-0.15, -0.1) is 0 Å². The molecule has 1 aliphatic rings. The van der Waals surface area contributed by atoms with Crippen LogP contribution < -0.4 is 0 Å². The zero-order valence-corrected chi connectivity index (χ0v) is 16.7. The number of aromatic amines is 1. The molecule has 156 valence electrons. The number of aryl methyl sites for hydroxylation is 2. The van der Waals surface area contributed by atoms with Gasteiger partial charge in [0.05, 0.1) is 30.0 Å². The molecule has 0 spiro atoms. The Morgan fingerprint density at radius 1 is 1.27 bits per heavy atom. The number of β-amino-alcohol motifs (C(OH)–C–C–N with tert-alkyl or cyclic N) is 1. The largest absolute Gasteiger partial charge is 0.391 e. The van der Waals surface area contributed by atoms with Gasteiger partial charge in [0.1, 0.15) is 5.76 Å². The van der Waals surface area contributed by atoms with Gasteiger partial charge in [-0.3, -0.25) is 14.7 Å². The molecular formula is C22H24N4O4. The molecular weight excluding hydrogens is 384 g/mol. The number of carbonyl (C=O) groups excluding carboxylic acids is 2. The Balaban J connectivity index is 1.36. The highest BCUT2D eigenvalue weighted by Crippen LogP contribution is 2.23. The number of rotatable bonds is 7. The molecule has 1 fully saturated rings. The van der Waals surface area contributed by atoms with E-state index in [2.05, 4.69) is 15.4 Å². The van der Waals surface area contributed by atoms with E-state index in [4.69, 9.17) is 4.52 Å². The average Bonchev–Trinajstić information content (AvgIpc) is 3.48. The highest BCUT2D eigenvalue weighted by molar-refractivity contribution is 5.90. The number of Topliss-reactive ketones (excluding diaryl/α,β-unsaturated/α-hetero) is 1. The number of aliphatic hydroxyl groups is 1. The zero-order valence-electron chi connectivity index (χ0n) is 16.7. The molecule has 2 atom stereocenters. The molecule has 8 heteroatoms. The number of H-pyrrole nitrogens is 1. The van der Waals surface area contributed by atoms with Crippen molar-refractivity contribution in [2.75, 3.05) is 6.54 Å². The van der Waals surface area contributed by atoms with E-state index in [1.807, 2.05) is 30.3 Å². The number of ketones is 1. The molecule has 0 saturated carbocycles. The Kier molecular flexibility index (Phi) is 5.76. The first-order chi connectivity index (χ1) is 14.5. The van der Waals surface area contributed by atoms with Crippen LogP contribution in [0.3, 0.4) is 0 Å². The van der Waals surface area contributed by atoms with Gasteiger partial charge in [-0.05, 0) is 30.5 Å². The highest BCUT2D eigenvalue weighted by Gasteiger charge is 2.38. The Hall–Kier alpha value is -3.26. The normalized spacial score (nSPS) is 18.7. The van der Waals surface area contributed by atoms with Crippen molar-refractivity contribution in [2.45, 2.75) is 44.8 Å². The lowest BCUT2D eigenvalue weighted by atomic mass is 10.00. The minimum atomic E-state index is -0.687. The van der Waals surface area contributed by atoms with E-state index in [-0.39, 0.29) is 31.1 Å². The van der Waals surface area contributed by atoms with E-state index in [0.29, 0.717) is 24.3 Å². The SMILES string of the molecule is Cc1cc(CC(=O)N2C[C@H](O)C[C@H]2C(=O)CCc2ccc(-c3ccn[nH]3)cc2)on1. The number of benzene rings is 1. The zero-order chi connectivity index (χ0) is 21.1. The summed E-state index contributed by atoms with van der Waals surface area (Å²) < 4.78 is 5.11. The molecule has 0 aliphatic carbocycles. The molecule has 4 rings (SSSR count). The molecule has 1 amide bonds. The van der Waals surface area contributed by atoms with E-state index in [1.54, 1.807) is 19.2 Å². The number of amides is 1. The molecule has 3 heterocycles. The van der Waals surface area contributed by atoms with Crippen molar-refractivity contribution in [2.24, 2.45) is 0 Å². The third kappa shape index (κ3) is 4.49. The van der Waals surface area contributed by atoms with Gasteiger partial charge < -0.3 is 14.5 Å². The van der Waals surface area contributed by atoms with Crippen molar-refractivity contribution in [3.8, 4) is 11.3 Å². The number of hydrogen-bond acceptors (Lipinski definition) is 6. The van der Waals surface area contributed by atoms with Crippen LogP contribution in [0.4, 0.5) is 0 Å². The van der Waals surface area contributed by atoms with Crippen molar-refractivity contribution in [1.82, 2.24) is 20.3 Å². The standard InChI is InChI=1S/C22H24N4O4/c1-14-10-18(30-25-14)12-22(29)26-13-17(27)11-20(26)21(28)7-4-15-2-5-16(6-3-15)19-8-9-23-24-19/h2-3,5-6,8-10,17,20,27H,4,7,11-13H2,1H3,(H,23,24)/t17-,20+/m1/s1. The fraction of sp³-hybridized carbons (Fsp3) is 0.364. The molecule has 1 aromatic carbocycles. The van der Waals surface area contributed by atoms with Crippen LogP contribution >= 0.6 is 0 Å². The van der Waals surface area contributed by atoms with Crippen LogP contribution in [0.25, 0.3) is 11.3 Å². The molecule has 1 saturated heterocycles. The van der Waals surface area contributed by atoms with E-state index in [0.717, 1.165) is 16.8 Å². The van der Waals surface area contributed by atoms with Gasteiger partial charge in [-0.25, -0.2) is 0 Å². The minimum Gasteiger partial charge on any atom is -0.391 e. The van der Waals surface area contributed by atoms with Crippen molar-refractivity contribution in [1.29, 1.82) is 0 Å². The van der Waals surface area contributed by atoms with E-state index in [1.165, 1.54) is 4.90 Å². The number of nitrogens with one attached hydrogen (secondary N) is 1. The molecule has 0 bridgehead atoms. The third-order valence-corrected chi connectivity index (χ3v) is 5.40. The van der Waals surface area contributed by atoms with Crippen LogP contribution in [-0.2, 0) is 22.4 Å². The summed E-state index contributed by atoms with van der Waals surface area (Å²) in [7, 11) is 0. The van der Waals surface area contributed by atoms with Gasteiger partial charge >= 0.3 is 0 Å². The second-order valence-corrected chi connectivity index (χ2v) is 7.70. The van der Waals surface area contributed by atoms with Gasteiger partial charge in [0.25, 0.3) is 0 Å². The van der Waals surface area contributed by atoms with Gasteiger partial charge in [0, 0.05) is 31.6 Å². The summed E-state index contributed by atoms with van der Waals surface area (Å²) in [4.78, 5) is 27.0. The second-order valence-electron chi connectivity index (χ2n) is 7.70. The number of carbonyl (C=O) groups is 2. The fourth-order valence-corrected chi connectivity index (χ4v) is 3.85. The second kappa shape index (κ2) is 8.62.